The number of hydrogen-bond acceptors (Lipinski definition) is 3. The van der Waals surface area contributed by atoms with E-state index in [0.717, 1.165) is 0 Å². The van der Waals surface area contributed by atoms with E-state index in [1.807, 2.05) is 5.32 Å². The van der Waals surface area contributed by atoms with Crippen molar-refractivity contribution in [2.24, 2.45) is 0 Å². The maximum atomic E-state index is 11.9. The van der Waals surface area contributed by atoms with Crippen molar-refractivity contribution in [3.8, 4) is 0 Å². The highest BCUT2D eigenvalue weighted by atomic mass is 19.4. The maximum Gasteiger partial charge on any atom is 0.405 e. The Morgan fingerprint density at radius 3 is 2.29 bits per heavy atom. The van der Waals surface area contributed by atoms with Gasteiger partial charge in [0.2, 0.25) is 5.91 Å². The predicted molar refractivity (Wildman–Crippen MR) is 57.6 cm³/mol. The average Bonchev–Trinajstić information content (AvgIpc) is 2.11. The molecule has 0 radical (unpaired) electrons. The number of amides is 1. The van der Waals surface area contributed by atoms with Gasteiger partial charge in [0.15, 0.2) is 0 Å². The summed E-state index contributed by atoms with van der Waals surface area (Å²) in [6.45, 7) is 4.13. The molecule has 0 aromatic heterocycles. The van der Waals surface area contributed by atoms with Gasteiger partial charge in [-0.1, -0.05) is 0 Å². The summed E-state index contributed by atoms with van der Waals surface area (Å²) in [5.74, 6) is -0.688. The number of ether oxygens (including phenoxy) is 1. The molecule has 4 nitrogen and oxygen atoms in total. The summed E-state index contributed by atoms with van der Waals surface area (Å²) in [4.78, 5) is 11.4. The van der Waals surface area contributed by atoms with Crippen molar-refractivity contribution in [1.29, 1.82) is 0 Å². The molecule has 0 aliphatic carbocycles. The molecule has 7 heteroatoms. The van der Waals surface area contributed by atoms with Crippen LogP contribution in [0, 0.1) is 0 Å². The van der Waals surface area contributed by atoms with Crippen LogP contribution >= 0.6 is 0 Å². The van der Waals surface area contributed by atoms with E-state index in [1.165, 1.54) is 14.0 Å². The molecule has 17 heavy (non-hydrogen) atoms. The first-order valence-electron chi connectivity index (χ1n) is 5.18. The van der Waals surface area contributed by atoms with Crippen LogP contribution in [0.25, 0.3) is 0 Å². The van der Waals surface area contributed by atoms with E-state index in [2.05, 4.69) is 5.32 Å². The second-order valence-electron chi connectivity index (χ2n) is 4.52. The van der Waals surface area contributed by atoms with Gasteiger partial charge in [0.05, 0.1) is 12.6 Å². The summed E-state index contributed by atoms with van der Waals surface area (Å²) >= 11 is 0. The normalized spacial score (nSPS) is 14.5. The Morgan fingerprint density at radius 2 is 1.88 bits per heavy atom. The summed E-state index contributed by atoms with van der Waals surface area (Å²) in [5, 5.41) is 4.71. The molecule has 0 saturated carbocycles. The molecule has 0 aromatic carbocycles. The van der Waals surface area contributed by atoms with Gasteiger partial charge in [0, 0.05) is 12.6 Å². The molecule has 0 heterocycles. The lowest BCUT2D eigenvalue weighted by Gasteiger charge is -2.29. The zero-order valence-electron chi connectivity index (χ0n) is 10.4. The predicted octanol–water partition coefficient (Wildman–Crippen LogP) is 1.07. The number of carbonyl (C=O) groups is 1. The molecule has 0 saturated heterocycles. The number of hydrogen-bond donors (Lipinski definition) is 2. The number of nitrogens with one attached hydrogen (secondary N) is 2. The molecule has 0 aliphatic heterocycles. The highest BCUT2D eigenvalue weighted by Crippen LogP contribution is 2.12. The lowest BCUT2D eigenvalue weighted by Crippen LogP contribution is -2.54. The van der Waals surface area contributed by atoms with Crippen LogP contribution in [-0.2, 0) is 9.53 Å². The maximum absolute atomic E-state index is 11.9. The van der Waals surface area contributed by atoms with Crippen LogP contribution < -0.4 is 10.6 Å². The van der Waals surface area contributed by atoms with Gasteiger partial charge >= 0.3 is 6.18 Å². The van der Waals surface area contributed by atoms with E-state index in [9.17, 15) is 18.0 Å². The van der Waals surface area contributed by atoms with Gasteiger partial charge in [-0.3, -0.25) is 10.1 Å². The van der Waals surface area contributed by atoms with Crippen molar-refractivity contribution in [2.75, 3.05) is 20.3 Å². The van der Waals surface area contributed by atoms with Gasteiger partial charge in [-0.2, -0.15) is 13.2 Å². The monoisotopic (exact) mass is 256 g/mol. The topological polar surface area (TPSA) is 50.4 Å². The van der Waals surface area contributed by atoms with Crippen LogP contribution in [0.2, 0.25) is 0 Å². The minimum Gasteiger partial charge on any atom is -0.383 e. The van der Waals surface area contributed by atoms with Gasteiger partial charge in [-0.05, 0) is 20.8 Å². The minimum absolute atomic E-state index is 0.351. The van der Waals surface area contributed by atoms with E-state index in [4.69, 9.17) is 4.74 Å². The molecule has 1 atom stereocenters. The van der Waals surface area contributed by atoms with Gasteiger partial charge in [-0.25, -0.2) is 0 Å². The van der Waals surface area contributed by atoms with Crippen LogP contribution in [-0.4, -0.2) is 43.9 Å². The van der Waals surface area contributed by atoms with Crippen molar-refractivity contribution in [3.63, 3.8) is 0 Å². The molecular formula is C10H19F3N2O2. The van der Waals surface area contributed by atoms with Crippen LogP contribution in [0.3, 0.4) is 0 Å². The largest absolute Gasteiger partial charge is 0.405 e. The highest BCUT2D eigenvalue weighted by molar-refractivity contribution is 5.81. The molecule has 2 N–H and O–H groups in total. The summed E-state index contributed by atoms with van der Waals surface area (Å²) in [6, 6.07) is -0.720. The van der Waals surface area contributed by atoms with Crippen molar-refractivity contribution in [2.45, 2.75) is 38.5 Å². The molecule has 0 spiro atoms. The van der Waals surface area contributed by atoms with Crippen LogP contribution in [0.5, 0.6) is 0 Å². The van der Waals surface area contributed by atoms with Crippen LogP contribution in [0.1, 0.15) is 20.8 Å². The molecule has 1 amide bonds. The average molecular weight is 256 g/mol. The third-order valence-electron chi connectivity index (χ3n) is 1.97. The Morgan fingerprint density at radius 1 is 1.35 bits per heavy atom. The fraction of sp³-hybridized carbons (Fsp3) is 0.900. The first kappa shape index (κ1) is 16.2. The van der Waals surface area contributed by atoms with E-state index >= 15 is 0 Å². The Bertz CT molecular complexity index is 254. The molecule has 0 aliphatic rings. The van der Waals surface area contributed by atoms with Crippen molar-refractivity contribution in [3.05, 3.63) is 0 Å². The van der Waals surface area contributed by atoms with Crippen LogP contribution in [0.15, 0.2) is 0 Å². The highest BCUT2D eigenvalue weighted by Gasteiger charge is 2.30. The third kappa shape index (κ3) is 7.98. The molecule has 0 fully saturated rings. The summed E-state index contributed by atoms with van der Waals surface area (Å²) < 4.78 is 40.6. The van der Waals surface area contributed by atoms with E-state index in [-0.39, 0.29) is 0 Å². The molecule has 0 aromatic rings. The number of alkyl halides is 3. The molecular weight excluding hydrogens is 237 g/mol. The Hall–Kier alpha value is -0.820. The lowest BCUT2D eigenvalue weighted by molar-refractivity contribution is -0.139. The standard InChI is InChI=1S/C10H19F3N2O2/c1-7(15-9(2,3)6-17-4)8(16)14-5-10(11,12)13/h7,15H,5-6H2,1-4H3,(H,14,16). The van der Waals surface area contributed by atoms with E-state index in [1.54, 1.807) is 13.8 Å². The van der Waals surface area contributed by atoms with Gasteiger partial charge in [0.25, 0.3) is 0 Å². The molecule has 102 valence electrons. The minimum atomic E-state index is -4.39. The van der Waals surface area contributed by atoms with E-state index in [0.29, 0.717) is 6.61 Å². The second kappa shape index (κ2) is 6.20. The van der Waals surface area contributed by atoms with Crippen molar-refractivity contribution >= 4 is 5.91 Å². The first-order valence-corrected chi connectivity index (χ1v) is 5.18. The fourth-order valence-corrected chi connectivity index (χ4v) is 1.39. The lowest BCUT2D eigenvalue weighted by atomic mass is 10.1. The molecule has 0 bridgehead atoms. The number of methoxy groups -OCH3 is 1. The van der Waals surface area contributed by atoms with Gasteiger partial charge in [-0.15, -0.1) is 0 Å². The quantitative estimate of drug-likeness (QED) is 0.747. The zero-order valence-corrected chi connectivity index (χ0v) is 10.4. The molecule has 0 rings (SSSR count). The SMILES string of the molecule is COCC(C)(C)NC(C)C(=O)NCC(F)(F)F. The summed E-state index contributed by atoms with van der Waals surface area (Å²) in [5.41, 5.74) is -0.482. The smallest absolute Gasteiger partial charge is 0.383 e. The van der Waals surface area contributed by atoms with Gasteiger partial charge in [0.1, 0.15) is 6.54 Å². The third-order valence-corrected chi connectivity index (χ3v) is 1.97. The Labute approximate surface area is 98.9 Å². The van der Waals surface area contributed by atoms with Gasteiger partial charge < -0.3 is 10.1 Å². The van der Waals surface area contributed by atoms with E-state index < -0.39 is 30.2 Å². The molecule has 1 unspecified atom stereocenters. The summed E-state index contributed by atoms with van der Waals surface area (Å²) in [7, 11) is 1.51. The van der Waals surface area contributed by atoms with Crippen LogP contribution in [0.4, 0.5) is 13.2 Å². The Kier molecular flexibility index (Phi) is 5.91. The Balaban J connectivity index is 4.14. The first-order chi connectivity index (χ1) is 7.57. The number of halogens is 3. The number of carbonyl (C=O) groups excluding carboxylic acids is 1. The summed E-state index contributed by atoms with van der Waals surface area (Å²) in [6.07, 6.45) is -4.39. The fourth-order valence-electron chi connectivity index (χ4n) is 1.39. The second-order valence-corrected chi connectivity index (χ2v) is 4.52. The number of rotatable bonds is 6. The van der Waals surface area contributed by atoms with Crippen molar-refractivity contribution in [1.82, 2.24) is 10.6 Å². The zero-order chi connectivity index (χ0) is 13.7. The van der Waals surface area contributed by atoms with Crippen molar-refractivity contribution < 1.29 is 22.7 Å².